The molecule has 3 N–H and O–H groups in total. The van der Waals surface area contributed by atoms with Gasteiger partial charge in [0.25, 0.3) is 0 Å². The van der Waals surface area contributed by atoms with Crippen LogP contribution in [0, 0.1) is 0 Å². The first-order valence-electron chi connectivity index (χ1n) is 2.72. The summed E-state index contributed by atoms with van der Waals surface area (Å²) in [7, 11) is 1.00. The minimum atomic E-state index is -0.0764. The van der Waals surface area contributed by atoms with Crippen LogP contribution in [0.1, 0.15) is 0 Å². The van der Waals surface area contributed by atoms with Crippen LogP contribution in [0.2, 0.25) is 0 Å². The summed E-state index contributed by atoms with van der Waals surface area (Å²) >= 11 is 0. The van der Waals surface area contributed by atoms with Crippen LogP contribution in [-0.2, 0) is 0 Å². The summed E-state index contributed by atoms with van der Waals surface area (Å²) in [4.78, 5) is 0. The summed E-state index contributed by atoms with van der Waals surface area (Å²) < 4.78 is 0. The van der Waals surface area contributed by atoms with Crippen LogP contribution in [0.4, 0.5) is 0 Å². The van der Waals surface area contributed by atoms with E-state index in [9.17, 15) is 0 Å². The number of phenols is 2. The first-order valence-corrected chi connectivity index (χ1v) is 2.72. The fraction of sp³-hybridized carbons (Fsp3) is 0.143. The molecule has 0 aliphatic carbocycles. The second kappa shape index (κ2) is 4.64. The maximum atomic E-state index is 8.67. The minimum absolute atomic E-state index is 0.0764. The molecule has 0 aliphatic rings. The molecule has 3 nitrogen and oxygen atoms in total. The molecule has 0 aromatic heterocycles. The van der Waals surface area contributed by atoms with Gasteiger partial charge in [0.05, 0.1) is 0 Å². The molecule has 0 fully saturated rings. The van der Waals surface area contributed by atoms with E-state index in [-0.39, 0.29) is 11.5 Å². The van der Waals surface area contributed by atoms with Gasteiger partial charge in [0, 0.05) is 7.11 Å². The molecule has 0 amide bonds. The number of hydrogen-bond donors (Lipinski definition) is 3. The van der Waals surface area contributed by atoms with Gasteiger partial charge < -0.3 is 15.3 Å². The molecule has 10 heavy (non-hydrogen) atoms. The maximum Gasteiger partial charge on any atom is 0.157 e. The van der Waals surface area contributed by atoms with E-state index >= 15 is 0 Å². The van der Waals surface area contributed by atoms with Crippen LogP contribution in [0.5, 0.6) is 11.5 Å². The van der Waals surface area contributed by atoms with Gasteiger partial charge in [0.15, 0.2) is 11.5 Å². The molecule has 1 rings (SSSR count). The molecule has 0 aliphatic heterocycles. The number of phenolic OH excluding ortho intramolecular Hbond substituents is 2. The third-order valence-corrected chi connectivity index (χ3v) is 0.882. The second-order valence-corrected chi connectivity index (χ2v) is 1.49. The highest BCUT2D eigenvalue weighted by Gasteiger charge is 1.90. The molecular weight excluding hydrogens is 132 g/mol. The zero-order valence-electron chi connectivity index (χ0n) is 5.65. The maximum absolute atomic E-state index is 8.67. The Hall–Kier alpha value is -1.22. The molecule has 0 saturated carbocycles. The van der Waals surface area contributed by atoms with Crippen LogP contribution in [-0.4, -0.2) is 22.4 Å². The summed E-state index contributed by atoms with van der Waals surface area (Å²) in [6.45, 7) is 0. The van der Waals surface area contributed by atoms with Crippen molar-refractivity contribution in [3.63, 3.8) is 0 Å². The molecule has 0 saturated heterocycles. The number of benzene rings is 1. The van der Waals surface area contributed by atoms with Gasteiger partial charge in [0.1, 0.15) is 0 Å². The average Bonchev–Trinajstić information content (AvgIpc) is 2.00. The van der Waals surface area contributed by atoms with Crippen LogP contribution in [0.15, 0.2) is 24.3 Å². The fourth-order valence-corrected chi connectivity index (χ4v) is 0.464. The summed E-state index contributed by atoms with van der Waals surface area (Å²) in [5.74, 6) is -0.153. The molecular formula is C7H10O3. The molecule has 0 unspecified atom stereocenters. The molecule has 56 valence electrons. The summed E-state index contributed by atoms with van der Waals surface area (Å²) in [5, 5.41) is 24.3. The summed E-state index contributed by atoms with van der Waals surface area (Å²) in [6.07, 6.45) is 0. The van der Waals surface area contributed by atoms with E-state index in [0.29, 0.717) is 0 Å². The molecule has 1 aromatic rings. The van der Waals surface area contributed by atoms with Crippen molar-refractivity contribution < 1.29 is 15.3 Å². The Bertz CT molecular complexity index is 165. The van der Waals surface area contributed by atoms with Gasteiger partial charge in [-0.1, -0.05) is 12.1 Å². The normalized spacial score (nSPS) is 7.80. The summed E-state index contributed by atoms with van der Waals surface area (Å²) in [5.41, 5.74) is 0. The Balaban J connectivity index is 0.000000371. The van der Waals surface area contributed by atoms with Crippen LogP contribution in [0.3, 0.4) is 0 Å². The van der Waals surface area contributed by atoms with Crippen molar-refractivity contribution >= 4 is 0 Å². The van der Waals surface area contributed by atoms with Gasteiger partial charge in [-0.2, -0.15) is 0 Å². The van der Waals surface area contributed by atoms with Crippen molar-refractivity contribution in [1.29, 1.82) is 0 Å². The van der Waals surface area contributed by atoms with E-state index in [4.69, 9.17) is 15.3 Å². The minimum Gasteiger partial charge on any atom is -0.504 e. The molecule has 0 bridgehead atoms. The summed E-state index contributed by atoms with van der Waals surface area (Å²) in [6, 6.07) is 6.15. The highest BCUT2D eigenvalue weighted by Crippen LogP contribution is 2.21. The number of aliphatic hydroxyl groups excluding tert-OH is 1. The number of aromatic hydroxyl groups is 2. The van der Waals surface area contributed by atoms with Gasteiger partial charge in [-0.3, -0.25) is 0 Å². The lowest BCUT2D eigenvalue weighted by molar-refractivity contribution is 0.399. The Morgan fingerprint density at radius 2 is 1.20 bits per heavy atom. The van der Waals surface area contributed by atoms with Crippen molar-refractivity contribution in [2.45, 2.75) is 0 Å². The molecule has 0 atom stereocenters. The van der Waals surface area contributed by atoms with E-state index in [2.05, 4.69) is 0 Å². The quantitative estimate of drug-likeness (QED) is 0.467. The van der Waals surface area contributed by atoms with E-state index in [0.717, 1.165) is 7.11 Å². The van der Waals surface area contributed by atoms with E-state index in [1.165, 1.54) is 12.1 Å². The lowest BCUT2D eigenvalue weighted by atomic mass is 10.3. The molecule has 0 heterocycles. The second-order valence-electron chi connectivity index (χ2n) is 1.49. The average molecular weight is 142 g/mol. The van der Waals surface area contributed by atoms with Gasteiger partial charge >= 0.3 is 0 Å². The zero-order chi connectivity index (χ0) is 7.98. The first-order chi connectivity index (χ1) is 4.80. The van der Waals surface area contributed by atoms with Gasteiger partial charge in [-0.25, -0.2) is 0 Å². The predicted octanol–water partition coefficient (Wildman–Crippen LogP) is 0.706. The number of aliphatic hydroxyl groups is 1. The van der Waals surface area contributed by atoms with Gasteiger partial charge in [0.2, 0.25) is 0 Å². The van der Waals surface area contributed by atoms with Crippen molar-refractivity contribution in [3.05, 3.63) is 24.3 Å². The monoisotopic (exact) mass is 142 g/mol. The predicted molar refractivity (Wildman–Crippen MR) is 37.9 cm³/mol. The third kappa shape index (κ3) is 2.37. The van der Waals surface area contributed by atoms with Crippen molar-refractivity contribution in [2.24, 2.45) is 0 Å². The highest BCUT2D eigenvalue weighted by atomic mass is 16.3. The van der Waals surface area contributed by atoms with Crippen molar-refractivity contribution in [1.82, 2.24) is 0 Å². The fourth-order valence-electron chi connectivity index (χ4n) is 0.464. The highest BCUT2D eigenvalue weighted by molar-refractivity contribution is 5.36. The van der Waals surface area contributed by atoms with Crippen molar-refractivity contribution in [2.75, 3.05) is 7.11 Å². The lowest BCUT2D eigenvalue weighted by Crippen LogP contribution is -1.63. The smallest absolute Gasteiger partial charge is 0.157 e. The van der Waals surface area contributed by atoms with Gasteiger partial charge in [-0.15, -0.1) is 0 Å². The van der Waals surface area contributed by atoms with E-state index in [1.54, 1.807) is 12.1 Å². The van der Waals surface area contributed by atoms with E-state index in [1.807, 2.05) is 0 Å². The standard InChI is InChI=1S/C6H6O2.CH4O/c7-5-3-1-2-4-6(5)8;1-2/h1-4,7-8H;2H,1H3. The van der Waals surface area contributed by atoms with E-state index < -0.39 is 0 Å². The van der Waals surface area contributed by atoms with Gasteiger partial charge in [-0.05, 0) is 12.1 Å². The molecule has 0 spiro atoms. The Kier molecular flexibility index (Phi) is 4.07. The topological polar surface area (TPSA) is 60.7 Å². The SMILES string of the molecule is CO.Oc1ccccc1O. The number of para-hydroxylation sites is 2. The number of hydrogen-bond acceptors (Lipinski definition) is 3. The number of rotatable bonds is 0. The van der Waals surface area contributed by atoms with Crippen molar-refractivity contribution in [3.8, 4) is 11.5 Å². The Labute approximate surface area is 59.2 Å². The Morgan fingerprint density at radius 1 is 0.900 bits per heavy atom. The van der Waals surface area contributed by atoms with Crippen LogP contribution >= 0.6 is 0 Å². The third-order valence-electron chi connectivity index (χ3n) is 0.882. The molecule has 1 aromatic carbocycles. The lowest BCUT2D eigenvalue weighted by Gasteiger charge is -1.91. The Morgan fingerprint density at radius 3 is 1.40 bits per heavy atom. The molecule has 0 radical (unpaired) electrons. The largest absolute Gasteiger partial charge is 0.504 e. The van der Waals surface area contributed by atoms with Crippen LogP contribution in [0.25, 0.3) is 0 Å². The molecule has 3 heteroatoms. The first kappa shape index (κ1) is 8.78. The zero-order valence-corrected chi connectivity index (χ0v) is 5.65. The van der Waals surface area contributed by atoms with Crippen LogP contribution < -0.4 is 0 Å².